The van der Waals surface area contributed by atoms with Gasteiger partial charge in [-0.2, -0.15) is 0 Å². The van der Waals surface area contributed by atoms with Crippen LogP contribution < -0.4 is 0 Å². The van der Waals surface area contributed by atoms with Gasteiger partial charge >= 0.3 is 5.97 Å². The van der Waals surface area contributed by atoms with E-state index in [1.807, 2.05) is 0 Å². The highest BCUT2D eigenvalue weighted by Gasteiger charge is 2.30. The summed E-state index contributed by atoms with van der Waals surface area (Å²) in [7, 11) is 1.57. The van der Waals surface area contributed by atoms with Crippen molar-refractivity contribution in [3.63, 3.8) is 0 Å². The summed E-state index contributed by atoms with van der Waals surface area (Å²) in [6.07, 6.45) is 1.81. The summed E-state index contributed by atoms with van der Waals surface area (Å²) in [4.78, 5) is 23.6. The van der Waals surface area contributed by atoms with Crippen molar-refractivity contribution < 1.29 is 27.8 Å². The lowest BCUT2D eigenvalue weighted by molar-refractivity contribution is -0.154. The maximum Gasteiger partial charge on any atom is 0.306 e. The lowest BCUT2D eigenvalue weighted by Crippen LogP contribution is -2.27. The first-order chi connectivity index (χ1) is 10.5. The summed E-state index contributed by atoms with van der Waals surface area (Å²) in [5, 5.41) is 0. The molecule has 4 nitrogen and oxygen atoms in total. The number of methoxy groups -OCH3 is 1. The third-order valence-corrected chi connectivity index (χ3v) is 3.77. The molecule has 0 heterocycles. The van der Waals surface area contributed by atoms with E-state index >= 15 is 0 Å². The number of rotatable bonds is 6. The van der Waals surface area contributed by atoms with E-state index in [9.17, 15) is 18.4 Å². The Bertz CT molecular complexity index is 559. The van der Waals surface area contributed by atoms with Gasteiger partial charge in [0.25, 0.3) is 0 Å². The largest absolute Gasteiger partial charge is 0.460 e. The molecule has 0 spiro atoms. The number of hydrogen-bond acceptors (Lipinski definition) is 4. The van der Waals surface area contributed by atoms with Crippen molar-refractivity contribution in [2.75, 3.05) is 7.11 Å². The van der Waals surface area contributed by atoms with E-state index in [1.165, 1.54) is 0 Å². The van der Waals surface area contributed by atoms with Crippen molar-refractivity contribution in [2.24, 2.45) is 0 Å². The van der Waals surface area contributed by atoms with Crippen LogP contribution in [0.5, 0.6) is 0 Å². The minimum absolute atomic E-state index is 0.103. The molecular formula is C16H18F2O4. The van der Waals surface area contributed by atoms with Gasteiger partial charge in [-0.1, -0.05) is 0 Å². The van der Waals surface area contributed by atoms with E-state index in [1.54, 1.807) is 7.11 Å². The number of hydrogen-bond donors (Lipinski definition) is 0. The lowest BCUT2D eigenvalue weighted by Gasteiger charge is -2.18. The van der Waals surface area contributed by atoms with Crippen LogP contribution in [0.15, 0.2) is 18.2 Å². The Kier molecular flexibility index (Phi) is 5.60. The Morgan fingerprint density at radius 1 is 1.18 bits per heavy atom. The number of carbonyl (C=O) groups is 2. The molecule has 1 aromatic rings. The molecule has 0 radical (unpaired) electrons. The second-order valence-electron chi connectivity index (χ2n) is 5.28. The van der Waals surface area contributed by atoms with E-state index in [0.29, 0.717) is 6.07 Å². The quantitative estimate of drug-likeness (QED) is 0.598. The van der Waals surface area contributed by atoms with Crippen molar-refractivity contribution >= 4 is 11.8 Å². The molecule has 1 fully saturated rings. The van der Waals surface area contributed by atoms with Gasteiger partial charge in [0.1, 0.15) is 17.7 Å². The maximum atomic E-state index is 13.5. The monoisotopic (exact) mass is 312 g/mol. The maximum absolute atomic E-state index is 13.5. The molecular weight excluding hydrogens is 294 g/mol. The fourth-order valence-electron chi connectivity index (χ4n) is 2.59. The van der Waals surface area contributed by atoms with Gasteiger partial charge in [-0.3, -0.25) is 9.59 Å². The van der Waals surface area contributed by atoms with Crippen molar-refractivity contribution in [2.45, 2.75) is 44.3 Å². The first-order valence-corrected chi connectivity index (χ1v) is 7.21. The average molecular weight is 312 g/mol. The summed E-state index contributed by atoms with van der Waals surface area (Å²) in [6, 6.07) is 2.74. The summed E-state index contributed by atoms with van der Waals surface area (Å²) >= 11 is 0. The molecule has 2 rings (SSSR count). The summed E-state index contributed by atoms with van der Waals surface area (Å²) in [5.74, 6) is -2.73. The fraction of sp³-hybridized carbons (Fsp3) is 0.500. The highest BCUT2D eigenvalue weighted by molar-refractivity contribution is 5.97. The molecule has 0 N–H and O–H groups in total. The van der Waals surface area contributed by atoms with Gasteiger partial charge in [0.05, 0.1) is 18.1 Å². The standard InChI is InChI=1S/C16H18F2O4/c1-21-14-3-2-4-15(14)22-16(20)8-7-13(19)11-6-5-10(17)9-12(11)18/h5-6,9,14-15H,2-4,7-8H2,1H3. The predicted octanol–water partition coefficient (Wildman–Crippen LogP) is 3.04. The van der Waals surface area contributed by atoms with E-state index in [4.69, 9.17) is 9.47 Å². The number of carbonyl (C=O) groups excluding carboxylic acids is 2. The van der Waals surface area contributed by atoms with E-state index in [2.05, 4.69) is 0 Å². The number of ether oxygens (including phenoxy) is 2. The molecule has 0 aromatic heterocycles. The molecule has 22 heavy (non-hydrogen) atoms. The molecule has 2 atom stereocenters. The number of esters is 1. The normalized spacial score (nSPS) is 20.9. The molecule has 0 aliphatic heterocycles. The topological polar surface area (TPSA) is 52.6 Å². The Hall–Kier alpha value is -1.82. The number of halogens is 2. The first kappa shape index (κ1) is 16.5. The van der Waals surface area contributed by atoms with Crippen LogP contribution in [0.25, 0.3) is 0 Å². The molecule has 120 valence electrons. The SMILES string of the molecule is COC1CCCC1OC(=O)CCC(=O)c1ccc(F)cc1F. The summed E-state index contributed by atoms with van der Waals surface area (Å²) < 4.78 is 36.7. The van der Waals surface area contributed by atoms with Gasteiger partial charge in [0.15, 0.2) is 5.78 Å². The molecule has 0 saturated heterocycles. The summed E-state index contributed by atoms with van der Waals surface area (Å²) in [5.41, 5.74) is -0.218. The number of Topliss-reactive ketones (excluding diaryl/α,β-unsaturated/α-hetero) is 1. The van der Waals surface area contributed by atoms with Gasteiger partial charge < -0.3 is 9.47 Å². The van der Waals surface area contributed by atoms with Gasteiger partial charge in [0, 0.05) is 19.6 Å². The summed E-state index contributed by atoms with van der Waals surface area (Å²) in [6.45, 7) is 0. The van der Waals surface area contributed by atoms with Crippen LogP contribution in [0.1, 0.15) is 42.5 Å². The molecule has 6 heteroatoms. The van der Waals surface area contributed by atoms with Crippen LogP contribution in [0.4, 0.5) is 8.78 Å². The van der Waals surface area contributed by atoms with Crippen molar-refractivity contribution in [3.8, 4) is 0 Å². The van der Waals surface area contributed by atoms with Crippen LogP contribution in [0.2, 0.25) is 0 Å². The van der Waals surface area contributed by atoms with Gasteiger partial charge in [-0.05, 0) is 31.4 Å². The zero-order valence-electron chi connectivity index (χ0n) is 12.3. The molecule has 1 aliphatic rings. The van der Waals surface area contributed by atoms with Crippen molar-refractivity contribution in [1.29, 1.82) is 0 Å². The van der Waals surface area contributed by atoms with E-state index in [-0.39, 0.29) is 30.6 Å². The van der Waals surface area contributed by atoms with Crippen LogP contribution in [0, 0.1) is 11.6 Å². The van der Waals surface area contributed by atoms with Crippen LogP contribution in [0.3, 0.4) is 0 Å². The minimum Gasteiger partial charge on any atom is -0.460 e. The highest BCUT2D eigenvalue weighted by Crippen LogP contribution is 2.25. The zero-order valence-corrected chi connectivity index (χ0v) is 12.3. The molecule has 1 aliphatic carbocycles. The van der Waals surface area contributed by atoms with Crippen molar-refractivity contribution in [3.05, 3.63) is 35.4 Å². The first-order valence-electron chi connectivity index (χ1n) is 7.21. The van der Waals surface area contributed by atoms with Gasteiger partial charge in [-0.15, -0.1) is 0 Å². The number of ketones is 1. The third kappa shape index (κ3) is 4.10. The smallest absolute Gasteiger partial charge is 0.306 e. The van der Waals surface area contributed by atoms with Gasteiger partial charge in [-0.25, -0.2) is 8.78 Å². The second-order valence-corrected chi connectivity index (χ2v) is 5.28. The fourth-order valence-corrected chi connectivity index (χ4v) is 2.59. The molecule has 2 unspecified atom stereocenters. The molecule has 0 bridgehead atoms. The van der Waals surface area contributed by atoms with Crippen LogP contribution in [-0.2, 0) is 14.3 Å². The average Bonchev–Trinajstić information content (AvgIpc) is 2.92. The second kappa shape index (κ2) is 7.45. The number of benzene rings is 1. The lowest BCUT2D eigenvalue weighted by atomic mass is 10.1. The third-order valence-electron chi connectivity index (χ3n) is 3.77. The van der Waals surface area contributed by atoms with Gasteiger partial charge in [0.2, 0.25) is 0 Å². The molecule has 1 saturated carbocycles. The van der Waals surface area contributed by atoms with Crippen LogP contribution >= 0.6 is 0 Å². The minimum atomic E-state index is -0.923. The van der Waals surface area contributed by atoms with Crippen molar-refractivity contribution in [1.82, 2.24) is 0 Å². The highest BCUT2D eigenvalue weighted by atomic mass is 19.1. The van der Waals surface area contributed by atoms with E-state index in [0.717, 1.165) is 31.4 Å². The predicted molar refractivity (Wildman–Crippen MR) is 74.5 cm³/mol. The Labute approximate surface area is 127 Å². The molecule has 1 aromatic carbocycles. The van der Waals surface area contributed by atoms with Crippen LogP contribution in [-0.4, -0.2) is 31.1 Å². The van der Waals surface area contributed by atoms with E-state index < -0.39 is 23.4 Å². The Morgan fingerprint density at radius 2 is 1.91 bits per heavy atom. The zero-order chi connectivity index (χ0) is 16.1. The Balaban J connectivity index is 1.84. The molecule has 0 amide bonds. The Morgan fingerprint density at radius 3 is 2.59 bits per heavy atom.